The van der Waals surface area contributed by atoms with Gasteiger partial charge in [-0.2, -0.15) is 5.26 Å². The van der Waals surface area contributed by atoms with E-state index >= 15 is 0 Å². The van der Waals surface area contributed by atoms with Crippen molar-refractivity contribution in [2.24, 2.45) is 5.41 Å². The van der Waals surface area contributed by atoms with Crippen LogP contribution < -0.4 is 10.0 Å². The molecule has 2 aromatic carbocycles. The second kappa shape index (κ2) is 7.54. The molecule has 6 nitrogen and oxygen atoms in total. The molecule has 0 atom stereocenters. The zero-order valence-corrected chi connectivity index (χ0v) is 15.1. The van der Waals surface area contributed by atoms with Crippen LogP contribution in [-0.2, 0) is 14.8 Å². The van der Waals surface area contributed by atoms with E-state index in [4.69, 9.17) is 5.26 Å². The number of nitriles is 1. The topological polar surface area (TPSA) is 99.1 Å². The van der Waals surface area contributed by atoms with Gasteiger partial charge < -0.3 is 5.32 Å². The predicted molar refractivity (Wildman–Crippen MR) is 96.8 cm³/mol. The van der Waals surface area contributed by atoms with E-state index in [2.05, 4.69) is 10.0 Å². The van der Waals surface area contributed by atoms with Crippen molar-refractivity contribution in [3.05, 3.63) is 54.1 Å². The number of amides is 1. The van der Waals surface area contributed by atoms with Gasteiger partial charge in [0.15, 0.2) is 0 Å². The fourth-order valence-electron chi connectivity index (χ4n) is 1.94. The van der Waals surface area contributed by atoms with E-state index in [1.54, 1.807) is 12.1 Å². The molecule has 0 fully saturated rings. The fourth-order valence-corrected chi connectivity index (χ4v) is 2.99. The van der Waals surface area contributed by atoms with Crippen molar-refractivity contribution in [2.75, 3.05) is 16.7 Å². The summed E-state index contributed by atoms with van der Waals surface area (Å²) in [6.07, 6.45) is 0. The molecule has 2 N–H and O–H groups in total. The van der Waals surface area contributed by atoms with Gasteiger partial charge in [0.2, 0.25) is 5.91 Å². The Hall–Kier alpha value is -2.92. The Morgan fingerprint density at radius 1 is 1.15 bits per heavy atom. The second-order valence-electron chi connectivity index (χ2n) is 6.29. The zero-order chi connectivity index (χ0) is 19.4. The van der Waals surface area contributed by atoms with Gasteiger partial charge in [-0.05, 0) is 56.3 Å². The number of carbonyl (C=O) groups excluding carboxylic acids is 1. The smallest absolute Gasteiger partial charge is 0.261 e. The highest BCUT2D eigenvalue weighted by atomic mass is 32.2. The summed E-state index contributed by atoms with van der Waals surface area (Å²) < 4.78 is 40.1. The Morgan fingerprint density at radius 3 is 2.35 bits per heavy atom. The van der Waals surface area contributed by atoms with E-state index in [1.165, 1.54) is 50.2 Å². The normalized spacial score (nSPS) is 11.5. The van der Waals surface area contributed by atoms with Crippen LogP contribution in [0.3, 0.4) is 0 Å². The lowest BCUT2D eigenvalue weighted by atomic mass is 9.94. The lowest BCUT2D eigenvalue weighted by Crippen LogP contribution is -2.32. The lowest BCUT2D eigenvalue weighted by Gasteiger charge is -2.19. The van der Waals surface area contributed by atoms with E-state index in [1.807, 2.05) is 6.07 Å². The van der Waals surface area contributed by atoms with Crippen LogP contribution in [-0.4, -0.2) is 21.0 Å². The number of rotatable bonds is 6. The SMILES string of the molecule is CC(C)(CF)C(=O)Nc1cccc(NS(=O)(=O)c2ccc(C#N)cc2)c1. The number of hydrogen-bond donors (Lipinski definition) is 2. The summed E-state index contributed by atoms with van der Waals surface area (Å²) in [4.78, 5) is 12.0. The predicted octanol–water partition coefficient (Wildman–Crippen LogP) is 3.29. The van der Waals surface area contributed by atoms with Crippen molar-refractivity contribution in [2.45, 2.75) is 18.7 Å². The minimum absolute atomic E-state index is 0.00417. The molecule has 0 aliphatic heterocycles. The van der Waals surface area contributed by atoms with Crippen molar-refractivity contribution in [3.63, 3.8) is 0 Å². The van der Waals surface area contributed by atoms with Crippen LogP contribution >= 0.6 is 0 Å². The van der Waals surface area contributed by atoms with Gasteiger partial charge in [0.25, 0.3) is 10.0 Å². The zero-order valence-electron chi connectivity index (χ0n) is 14.3. The Labute approximate surface area is 151 Å². The molecule has 0 saturated heterocycles. The molecule has 1 amide bonds. The Balaban J connectivity index is 2.19. The first kappa shape index (κ1) is 19.4. The van der Waals surface area contributed by atoms with Crippen molar-refractivity contribution in [1.82, 2.24) is 0 Å². The minimum atomic E-state index is -3.85. The molecule has 0 aliphatic rings. The van der Waals surface area contributed by atoms with Gasteiger partial charge in [-0.3, -0.25) is 9.52 Å². The van der Waals surface area contributed by atoms with E-state index in [-0.39, 0.29) is 10.6 Å². The molecule has 0 heterocycles. The second-order valence-corrected chi connectivity index (χ2v) is 7.98. The number of nitrogens with one attached hydrogen (secondary N) is 2. The molecule has 0 unspecified atom stereocenters. The van der Waals surface area contributed by atoms with E-state index in [9.17, 15) is 17.6 Å². The summed E-state index contributed by atoms with van der Waals surface area (Å²) in [6.45, 7) is 2.13. The maximum absolute atomic E-state index is 12.9. The number of sulfonamides is 1. The molecule has 26 heavy (non-hydrogen) atoms. The van der Waals surface area contributed by atoms with Crippen molar-refractivity contribution in [3.8, 4) is 6.07 Å². The van der Waals surface area contributed by atoms with Gasteiger partial charge in [-0.25, -0.2) is 12.8 Å². The quantitative estimate of drug-likeness (QED) is 0.809. The summed E-state index contributed by atoms with van der Waals surface area (Å²) in [5.41, 5.74) is -0.247. The van der Waals surface area contributed by atoms with Crippen LogP contribution in [0.5, 0.6) is 0 Å². The summed E-state index contributed by atoms with van der Waals surface area (Å²) in [7, 11) is -3.85. The first-order chi connectivity index (χ1) is 12.2. The number of hydrogen-bond acceptors (Lipinski definition) is 4. The molecule has 0 radical (unpaired) electrons. The maximum Gasteiger partial charge on any atom is 0.261 e. The van der Waals surface area contributed by atoms with Gasteiger partial charge in [-0.1, -0.05) is 6.07 Å². The molecule has 2 aromatic rings. The van der Waals surface area contributed by atoms with Crippen molar-refractivity contribution < 1.29 is 17.6 Å². The molecule has 0 spiro atoms. The number of nitrogens with zero attached hydrogens (tertiary/aromatic N) is 1. The third-order valence-corrected chi connectivity index (χ3v) is 5.01. The highest BCUT2D eigenvalue weighted by molar-refractivity contribution is 7.92. The Kier molecular flexibility index (Phi) is 5.63. The van der Waals surface area contributed by atoms with Gasteiger partial charge in [0.1, 0.15) is 6.67 Å². The van der Waals surface area contributed by atoms with E-state index in [0.29, 0.717) is 11.3 Å². The monoisotopic (exact) mass is 375 g/mol. The lowest BCUT2D eigenvalue weighted by molar-refractivity contribution is -0.124. The number of alkyl halides is 1. The Bertz CT molecular complexity index is 948. The third-order valence-electron chi connectivity index (χ3n) is 3.62. The molecule has 0 aromatic heterocycles. The fraction of sp³-hybridized carbons (Fsp3) is 0.222. The van der Waals surface area contributed by atoms with E-state index in [0.717, 1.165) is 0 Å². The Morgan fingerprint density at radius 2 is 1.77 bits per heavy atom. The average Bonchev–Trinajstić information content (AvgIpc) is 2.61. The maximum atomic E-state index is 12.9. The van der Waals surface area contributed by atoms with Crippen LogP contribution in [0.1, 0.15) is 19.4 Å². The molecule has 136 valence electrons. The summed E-state index contributed by atoms with van der Waals surface area (Å²) in [6, 6.07) is 13.5. The molecule has 8 heteroatoms. The van der Waals surface area contributed by atoms with Crippen LogP contribution in [0, 0.1) is 16.7 Å². The summed E-state index contributed by atoms with van der Waals surface area (Å²) in [5.74, 6) is -0.507. The number of anilines is 2. The molecule has 0 aliphatic carbocycles. The summed E-state index contributed by atoms with van der Waals surface area (Å²) in [5, 5.41) is 11.3. The standard InChI is InChI=1S/C18H18FN3O3S/c1-18(2,12-19)17(23)21-14-4-3-5-15(10-14)22-26(24,25)16-8-6-13(11-20)7-9-16/h3-10,22H,12H2,1-2H3,(H,21,23). The number of halogens is 1. The van der Waals surface area contributed by atoms with Crippen molar-refractivity contribution >= 4 is 27.3 Å². The van der Waals surface area contributed by atoms with Gasteiger partial charge >= 0.3 is 0 Å². The van der Waals surface area contributed by atoms with Crippen molar-refractivity contribution in [1.29, 1.82) is 5.26 Å². The van der Waals surface area contributed by atoms with Crippen LogP contribution in [0.2, 0.25) is 0 Å². The van der Waals surface area contributed by atoms with Gasteiger partial charge in [-0.15, -0.1) is 0 Å². The summed E-state index contributed by atoms with van der Waals surface area (Å²) >= 11 is 0. The largest absolute Gasteiger partial charge is 0.325 e. The molecular weight excluding hydrogens is 357 g/mol. The molecule has 0 saturated carbocycles. The van der Waals surface area contributed by atoms with Crippen LogP contribution in [0.4, 0.5) is 15.8 Å². The third kappa shape index (κ3) is 4.58. The molecular formula is C18H18FN3O3S. The van der Waals surface area contributed by atoms with Gasteiger partial charge in [0, 0.05) is 5.69 Å². The first-order valence-electron chi connectivity index (χ1n) is 7.68. The van der Waals surface area contributed by atoms with Gasteiger partial charge in [0.05, 0.1) is 27.6 Å². The highest BCUT2D eigenvalue weighted by Crippen LogP contribution is 2.23. The van der Waals surface area contributed by atoms with Crippen LogP contribution in [0.25, 0.3) is 0 Å². The number of benzene rings is 2. The molecule has 0 bridgehead atoms. The average molecular weight is 375 g/mol. The van der Waals surface area contributed by atoms with Crippen LogP contribution in [0.15, 0.2) is 53.4 Å². The van der Waals surface area contributed by atoms with E-state index < -0.39 is 28.0 Å². The number of carbonyl (C=O) groups is 1. The molecule has 2 rings (SSSR count). The highest BCUT2D eigenvalue weighted by Gasteiger charge is 2.27. The minimum Gasteiger partial charge on any atom is -0.325 e. The first-order valence-corrected chi connectivity index (χ1v) is 9.17.